The number of amides is 1. The topological polar surface area (TPSA) is 94.4 Å². The van der Waals surface area contributed by atoms with E-state index in [1.54, 1.807) is 11.6 Å². The highest BCUT2D eigenvalue weighted by Crippen LogP contribution is 2.28. The number of aromatic amines is 1. The van der Waals surface area contributed by atoms with Gasteiger partial charge in [-0.05, 0) is 48.6 Å². The first-order chi connectivity index (χ1) is 14.5. The van der Waals surface area contributed by atoms with E-state index < -0.39 is 5.91 Å². The molecular weight excluding hydrogens is 376 g/mol. The summed E-state index contributed by atoms with van der Waals surface area (Å²) in [6.07, 6.45) is 4.95. The van der Waals surface area contributed by atoms with Crippen LogP contribution in [0.3, 0.4) is 0 Å². The van der Waals surface area contributed by atoms with Crippen molar-refractivity contribution >= 4 is 22.9 Å². The third-order valence-corrected chi connectivity index (χ3v) is 5.93. The van der Waals surface area contributed by atoms with E-state index in [-0.39, 0.29) is 6.04 Å². The Morgan fingerprint density at radius 1 is 1.27 bits per heavy atom. The highest BCUT2D eigenvalue weighted by molar-refractivity contribution is 5.90. The number of aromatic nitrogens is 1. The number of aryl methyl sites for hydroxylation is 1. The van der Waals surface area contributed by atoms with Gasteiger partial charge in [-0.25, -0.2) is 5.48 Å². The van der Waals surface area contributed by atoms with Crippen LogP contribution in [0.1, 0.15) is 28.8 Å². The van der Waals surface area contributed by atoms with Crippen molar-refractivity contribution in [3.05, 3.63) is 77.0 Å². The summed E-state index contributed by atoms with van der Waals surface area (Å²) in [6.45, 7) is 3.89. The summed E-state index contributed by atoms with van der Waals surface area (Å²) in [5.41, 5.74) is 13.9. The summed E-state index contributed by atoms with van der Waals surface area (Å²) >= 11 is 0. The van der Waals surface area contributed by atoms with Crippen molar-refractivity contribution in [2.45, 2.75) is 38.4 Å². The van der Waals surface area contributed by atoms with Gasteiger partial charge in [0, 0.05) is 47.8 Å². The summed E-state index contributed by atoms with van der Waals surface area (Å²) in [5, 5.41) is 9.87. The minimum absolute atomic E-state index is 0.194. The summed E-state index contributed by atoms with van der Waals surface area (Å²) in [7, 11) is 0. The average molecular weight is 405 g/mol. The molecule has 30 heavy (non-hydrogen) atoms. The van der Waals surface area contributed by atoms with Crippen LogP contribution in [0.5, 0.6) is 0 Å². The number of hydrogen-bond acceptors (Lipinski definition) is 4. The maximum Gasteiger partial charge on any atom is 0.267 e. The molecule has 0 radical (unpaired) electrons. The molecule has 0 bridgehead atoms. The zero-order chi connectivity index (χ0) is 21.1. The van der Waals surface area contributed by atoms with Crippen LogP contribution in [0.4, 0.5) is 0 Å². The Labute approximate surface area is 176 Å². The number of para-hydroxylation sites is 1. The monoisotopic (exact) mass is 404 g/mol. The van der Waals surface area contributed by atoms with Gasteiger partial charge in [0.1, 0.15) is 0 Å². The van der Waals surface area contributed by atoms with Crippen LogP contribution in [-0.2, 0) is 17.8 Å². The number of fused-ring (bicyclic) bond motifs is 1. The van der Waals surface area contributed by atoms with Crippen molar-refractivity contribution in [3.8, 4) is 0 Å². The minimum Gasteiger partial charge on any atom is -0.358 e. The van der Waals surface area contributed by atoms with Crippen LogP contribution in [0.15, 0.2) is 54.6 Å². The van der Waals surface area contributed by atoms with E-state index in [9.17, 15) is 4.79 Å². The van der Waals surface area contributed by atoms with Crippen LogP contribution >= 0.6 is 0 Å². The summed E-state index contributed by atoms with van der Waals surface area (Å²) in [4.78, 5) is 17.1. The molecule has 1 amide bonds. The number of likely N-dealkylation sites (tertiary alicyclic amines) is 1. The third-order valence-electron chi connectivity index (χ3n) is 5.93. The molecule has 1 aromatic heterocycles. The Balaban J connectivity index is 1.47. The molecule has 0 spiro atoms. The molecule has 1 aliphatic heterocycles. The van der Waals surface area contributed by atoms with Gasteiger partial charge in [0.05, 0.1) is 0 Å². The number of benzene rings is 2. The maximum absolute atomic E-state index is 11.1. The van der Waals surface area contributed by atoms with Crippen LogP contribution < -0.4 is 11.2 Å². The molecule has 2 aromatic carbocycles. The SMILES string of the molecule is Cc1[nH]c2ccccc2c1C[C@H]1C[C@H](N)CN1Cc1ccc(C=CC(=O)NO)cc1. The van der Waals surface area contributed by atoms with E-state index in [4.69, 9.17) is 10.9 Å². The first-order valence-corrected chi connectivity index (χ1v) is 10.3. The fourth-order valence-electron chi connectivity index (χ4n) is 4.44. The van der Waals surface area contributed by atoms with Gasteiger partial charge in [-0.3, -0.25) is 14.9 Å². The van der Waals surface area contributed by atoms with Gasteiger partial charge in [0.15, 0.2) is 0 Å². The van der Waals surface area contributed by atoms with Crippen LogP contribution in [0.2, 0.25) is 0 Å². The predicted molar refractivity (Wildman–Crippen MR) is 119 cm³/mol. The summed E-state index contributed by atoms with van der Waals surface area (Å²) in [6, 6.07) is 17.2. The van der Waals surface area contributed by atoms with Gasteiger partial charge in [-0.2, -0.15) is 0 Å². The molecule has 6 nitrogen and oxygen atoms in total. The van der Waals surface area contributed by atoms with E-state index in [0.717, 1.165) is 31.5 Å². The van der Waals surface area contributed by atoms with Crippen molar-refractivity contribution in [1.82, 2.24) is 15.4 Å². The first-order valence-electron chi connectivity index (χ1n) is 10.3. The number of H-pyrrole nitrogens is 1. The molecule has 0 unspecified atom stereocenters. The number of carbonyl (C=O) groups is 1. The van der Waals surface area contributed by atoms with E-state index in [2.05, 4.69) is 53.2 Å². The van der Waals surface area contributed by atoms with Crippen molar-refractivity contribution in [2.75, 3.05) is 6.54 Å². The molecule has 4 rings (SSSR count). The Morgan fingerprint density at radius 2 is 2.03 bits per heavy atom. The quantitative estimate of drug-likeness (QED) is 0.288. The highest BCUT2D eigenvalue weighted by atomic mass is 16.5. The third kappa shape index (κ3) is 4.46. The van der Waals surface area contributed by atoms with Crippen LogP contribution in [0.25, 0.3) is 17.0 Å². The highest BCUT2D eigenvalue weighted by Gasteiger charge is 2.31. The lowest BCUT2D eigenvalue weighted by atomic mass is 10.00. The number of hydroxylamine groups is 1. The van der Waals surface area contributed by atoms with Crippen LogP contribution in [-0.4, -0.2) is 39.6 Å². The molecule has 0 saturated carbocycles. The second kappa shape index (κ2) is 8.83. The first kappa shape index (κ1) is 20.3. The Hall–Kier alpha value is -2.93. The largest absolute Gasteiger partial charge is 0.358 e. The van der Waals surface area contributed by atoms with Crippen molar-refractivity contribution < 1.29 is 10.0 Å². The number of carbonyl (C=O) groups excluding carboxylic acids is 1. The smallest absolute Gasteiger partial charge is 0.267 e. The molecular formula is C24H28N4O2. The average Bonchev–Trinajstić information content (AvgIpc) is 3.26. The Morgan fingerprint density at radius 3 is 2.80 bits per heavy atom. The van der Waals surface area contributed by atoms with Gasteiger partial charge < -0.3 is 10.7 Å². The molecule has 2 atom stereocenters. The number of rotatable bonds is 6. The van der Waals surface area contributed by atoms with Crippen molar-refractivity contribution in [3.63, 3.8) is 0 Å². The zero-order valence-corrected chi connectivity index (χ0v) is 17.1. The van der Waals surface area contributed by atoms with E-state index in [1.807, 2.05) is 12.1 Å². The summed E-state index contributed by atoms with van der Waals surface area (Å²) in [5.74, 6) is -0.541. The number of hydrogen-bond donors (Lipinski definition) is 4. The van der Waals surface area contributed by atoms with E-state index >= 15 is 0 Å². The number of nitrogens with zero attached hydrogens (tertiary/aromatic N) is 1. The van der Waals surface area contributed by atoms with E-state index in [1.165, 1.54) is 33.8 Å². The standard InChI is InChI=1S/C24H28N4O2/c1-16-22(21-4-2-3-5-23(21)26-16)13-20-12-19(25)15-28(20)14-18-8-6-17(7-9-18)10-11-24(29)27-30/h2-11,19-20,26,30H,12-15,25H2,1H3,(H,27,29)/t19-,20+/m0/s1. The van der Waals surface area contributed by atoms with Crippen LogP contribution in [0, 0.1) is 6.92 Å². The summed E-state index contributed by atoms with van der Waals surface area (Å²) < 4.78 is 0. The molecule has 5 N–H and O–H groups in total. The number of nitrogens with two attached hydrogens (primary N) is 1. The second-order valence-electron chi connectivity index (χ2n) is 8.11. The molecule has 1 saturated heterocycles. The van der Waals surface area contributed by atoms with E-state index in [0.29, 0.717) is 6.04 Å². The minimum atomic E-state index is -0.541. The van der Waals surface area contributed by atoms with Gasteiger partial charge in [0.25, 0.3) is 5.91 Å². The lowest BCUT2D eigenvalue weighted by Crippen LogP contribution is -2.31. The molecule has 0 aliphatic carbocycles. The molecule has 2 heterocycles. The Bertz CT molecular complexity index is 1050. The molecule has 1 fully saturated rings. The normalized spacial score (nSPS) is 19.7. The lowest BCUT2D eigenvalue weighted by molar-refractivity contribution is -0.124. The van der Waals surface area contributed by atoms with Gasteiger partial charge in [-0.15, -0.1) is 0 Å². The zero-order valence-electron chi connectivity index (χ0n) is 17.1. The van der Waals surface area contributed by atoms with Crippen molar-refractivity contribution in [1.29, 1.82) is 0 Å². The van der Waals surface area contributed by atoms with Crippen molar-refractivity contribution in [2.24, 2.45) is 5.73 Å². The maximum atomic E-state index is 11.1. The lowest BCUT2D eigenvalue weighted by Gasteiger charge is -2.24. The fraction of sp³-hybridized carbons (Fsp3) is 0.292. The van der Waals surface area contributed by atoms with Gasteiger partial charge >= 0.3 is 0 Å². The molecule has 1 aliphatic rings. The predicted octanol–water partition coefficient (Wildman–Crippen LogP) is 3.14. The van der Waals surface area contributed by atoms with Gasteiger partial charge in [0.2, 0.25) is 0 Å². The van der Waals surface area contributed by atoms with Gasteiger partial charge in [-0.1, -0.05) is 42.5 Å². The number of nitrogens with one attached hydrogen (secondary N) is 2. The molecule has 156 valence electrons. The second-order valence-corrected chi connectivity index (χ2v) is 8.11. The molecule has 6 heteroatoms. The molecule has 3 aromatic rings. The fourth-order valence-corrected chi connectivity index (χ4v) is 4.44. The Kier molecular flexibility index (Phi) is 5.99.